The summed E-state index contributed by atoms with van der Waals surface area (Å²) < 4.78 is 24.4. The largest absolute Gasteiger partial charge is 0.489 e. The Bertz CT molecular complexity index is 878. The monoisotopic (exact) mass is 436 g/mol. The maximum Gasteiger partial charge on any atom is 0.308 e. The van der Waals surface area contributed by atoms with Crippen LogP contribution in [0.1, 0.15) is 61.3 Å². The van der Waals surface area contributed by atoms with E-state index < -0.39 is 5.97 Å². The molecule has 0 aliphatic carbocycles. The highest BCUT2D eigenvalue weighted by Crippen LogP contribution is 2.52. The highest BCUT2D eigenvalue weighted by Gasteiger charge is 2.28. The zero-order chi connectivity index (χ0) is 22.4. The summed E-state index contributed by atoms with van der Waals surface area (Å²) in [6.45, 7) is 14.0. The van der Waals surface area contributed by atoms with E-state index in [0.29, 0.717) is 45.9 Å². The van der Waals surface area contributed by atoms with E-state index >= 15 is 0 Å². The number of fused-ring (bicyclic) bond motifs is 1. The van der Waals surface area contributed by atoms with Crippen molar-refractivity contribution in [3.05, 3.63) is 23.2 Å². The number of rotatable bonds is 10. The maximum absolute atomic E-state index is 12.0. The van der Waals surface area contributed by atoms with Gasteiger partial charge in [-0.3, -0.25) is 4.79 Å². The minimum Gasteiger partial charge on any atom is -0.489 e. The van der Waals surface area contributed by atoms with E-state index in [1.807, 2.05) is 33.8 Å². The van der Waals surface area contributed by atoms with Crippen LogP contribution in [0.5, 0.6) is 23.0 Å². The van der Waals surface area contributed by atoms with Crippen molar-refractivity contribution in [3.8, 4) is 23.0 Å². The van der Waals surface area contributed by atoms with Gasteiger partial charge in [0.05, 0.1) is 18.8 Å². The second-order valence-electron chi connectivity index (χ2n) is 7.98. The van der Waals surface area contributed by atoms with E-state index in [1.165, 1.54) is 6.92 Å². The predicted molar refractivity (Wildman–Crippen MR) is 121 cm³/mol. The van der Waals surface area contributed by atoms with Gasteiger partial charge in [0.2, 0.25) is 11.5 Å². The molecular formula is C24H33ClO5. The van der Waals surface area contributed by atoms with Crippen LogP contribution >= 0.6 is 11.6 Å². The molecule has 166 valence electrons. The average molecular weight is 437 g/mol. The van der Waals surface area contributed by atoms with Crippen LogP contribution in [0.4, 0.5) is 0 Å². The molecule has 0 saturated heterocycles. The fraction of sp³-hybridized carbons (Fsp3) is 0.542. The molecule has 0 aliphatic heterocycles. The molecule has 5 nitrogen and oxygen atoms in total. The number of hydrogen-bond acceptors (Lipinski definition) is 5. The molecule has 0 bridgehead atoms. The standard InChI is InChI=1S/C24H33ClO5/c1-8-15(5)28-23-21(27-13-14(3)4)19-11-10-18(25)12-20(19)22(30-17(7)26)24(23)29-16(6)9-2/h10-12,14-16H,8-9,13H2,1-7H3. The molecule has 0 heterocycles. The van der Waals surface area contributed by atoms with Crippen LogP contribution in [0.2, 0.25) is 5.02 Å². The normalized spacial score (nSPS) is 13.2. The molecule has 0 radical (unpaired) electrons. The molecule has 0 spiro atoms. The van der Waals surface area contributed by atoms with Gasteiger partial charge in [-0.2, -0.15) is 0 Å². The van der Waals surface area contributed by atoms with E-state index in [4.69, 9.17) is 30.5 Å². The van der Waals surface area contributed by atoms with E-state index in [9.17, 15) is 4.79 Å². The summed E-state index contributed by atoms with van der Waals surface area (Å²) in [7, 11) is 0. The number of esters is 1. The minimum atomic E-state index is -0.449. The maximum atomic E-state index is 12.0. The second-order valence-corrected chi connectivity index (χ2v) is 8.41. The number of hydrogen-bond donors (Lipinski definition) is 0. The van der Waals surface area contributed by atoms with Crippen molar-refractivity contribution >= 4 is 28.3 Å². The summed E-state index contributed by atoms with van der Waals surface area (Å²) in [6.07, 6.45) is 1.38. The fourth-order valence-corrected chi connectivity index (χ4v) is 2.95. The zero-order valence-corrected chi connectivity index (χ0v) is 19.8. The van der Waals surface area contributed by atoms with Gasteiger partial charge in [0.1, 0.15) is 0 Å². The Morgan fingerprint density at radius 3 is 1.97 bits per heavy atom. The van der Waals surface area contributed by atoms with Crippen LogP contribution in [0.25, 0.3) is 10.8 Å². The highest BCUT2D eigenvalue weighted by molar-refractivity contribution is 6.31. The first-order valence-electron chi connectivity index (χ1n) is 10.6. The number of halogens is 1. The Morgan fingerprint density at radius 1 is 0.900 bits per heavy atom. The first-order valence-corrected chi connectivity index (χ1v) is 11.0. The van der Waals surface area contributed by atoms with Crippen molar-refractivity contribution < 1.29 is 23.7 Å². The van der Waals surface area contributed by atoms with Crippen LogP contribution in [0, 0.1) is 5.92 Å². The number of carbonyl (C=O) groups is 1. The number of ether oxygens (including phenoxy) is 4. The molecule has 0 N–H and O–H groups in total. The Kier molecular flexibility index (Phi) is 8.65. The minimum absolute atomic E-state index is 0.0828. The van der Waals surface area contributed by atoms with Gasteiger partial charge < -0.3 is 18.9 Å². The first-order chi connectivity index (χ1) is 14.2. The molecular weight excluding hydrogens is 404 g/mol. The van der Waals surface area contributed by atoms with Gasteiger partial charge in [-0.15, -0.1) is 0 Å². The van der Waals surface area contributed by atoms with E-state index in [2.05, 4.69) is 13.8 Å². The van der Waals surface area contributed by atoms with Gasteiger partial charge >= 0.3 is 5.97 Å². The van der Waals surface area contributed by atoms with Crippen LogP contribution in [-0.2, 0) is 4.79 Å². The molecule has 2 unspecified atom stereocenters. The summed E-state index contributed by atoms with van der Waals surface area (Å²) in [5.74, 6) is 1.57. The SMILES string of the molecule is CCC(C)Oc1c(OC(C)CC)c(OC(C)=O)c2cc(Cl)ccc2c1OCC(C)C. The van der Waals surface area contributed by atoms with Crippen LogP contribution in [0.15, 0.2) is 18.2 Å². The van der Waals surface area contributed by atoms with Crippen molar-refractivity contribution in [3.63, 3.8) is 0 Å². The van der Waals surface area contributed by atoms with Crippen molar-refractivity contribution in [1.82, 2.24) is 0 Å². The number of benzene rings is 2. The van der Waals surface area contributed by atoms with Crippen molar-refractivity contribution in [2.24, 2.45) is 5.92 Å². The third-order valence-electron chi connectivity index (χ3n) is 4.68. The van der Waals surface area contributed by atoms with Crippen molar-refractivity contribution in [1.29, 1.82) is 0 Å². The summed E-state index contributed by atoms with van der Waals surface area (Å²) in [5.41, 5.74) is 0. The molecule has 6 heteroatoms. The molecule has 0 saturated carbocycles. The third kappa shape index (κ3) is 5.94. The van der Waals surface area contributed by atoms with Crippen LogP contribution < -0.4 is 18.9 Å². The summed E-state index contributed by atoms with van der Waals surface area (Å²) in [5, 5.41) is 1.92. The van der Waals surface area contributed by atoms with Gasteiger partial charge in [0.25, 0.3) is 0 Å². The quantitative estimate of drug-likeness (QED) is 0.302. The molecule has 0 aromatic heterocycles. The lowest BCUT2D eigenvalue weighted by molar-refractivity contribution is -0.131. The fourth-order valence-electron chi connectivity index (χ4n) is 2.77. The van der Waals surface area contributed by atoms with E-state index in [0.717, 1.165) is 18.2 Å². The van der Waals surface area contributed by atoms with Gasteiger partial charge in [-0.05, 0) is 50.8 Å². The van der Waals surface area contributed by atoms with E-state index in [1.54, 1.807) is 12.1 Å². The summed E-state index contributed by atoms with van der Waals surface area (Å²) in [4.78, 5) is 12.0. The Balaban J connectivity index is 2.89. The first kappa shape index (κ1) is 24.1. The highest BCUT2D eigenvalue weighted by atomic mass is 35.5. The second kappa shape index (κ2) is 10.8. The lowest BCUT2D eigenvalue weighted by Gasteiger charge is -2.25. The van der Waals surface area contributed by atoms with Gasteiger partial charge in [0.15, 0.2) is 11.5 Å². The third-order valence-corrected chi connectivity index (χ3v) is 4.92. The molecule has 0 aliphatic rings. The molecule has 2 aromatic carbocycles. The lowest BCUT2D eigenvalue weighted by Crippen LogP contribution is -2.17. The van der Waals surface area contributed by atoms with Crippen LogP contribution in [-0.4, -0.2) is 24.8 Å². The summed E-state index contributed by atoms with van der Waals surface area (Å²) >= 11 is 6.29. The lowest BCUT2D eigenvalue weighted by atomic mass is 10.1. The van der Waals surface area contributed by atoms with Crippen molar-refractivity contribution in [2.75, 3.05) is 6.61 Å². The van der Waals surface area contributed by atoms with E-state index in [-0.39, 0.29) is 12.2 Å². The zero-order valence-electron chi connectivity index (χ0n) is 19.0. The van der Waals surface area contributed by atoms with Crippen LogP contribution in [0.3, 0.4) is 0 Å². The number of carbonyl (C=O) groups excluding carboxylic acids is 1. The summed E-state index contributed by atoms with van der Waals surface area (Å²) in [6, 6.07) is 5.40. The molecule has 2 atom stereocenters. The molecule has 30 heavy (non-hydrogen) atoms. The Morgan fingerprint density at radius 2 is 1.47 bits per heavy atom. The molecule has 2 rings (SSSR count). The molecule has 0 fully saturated rings. The molecule has 0 amide bonds. The smallest absolute Gasteiger partial charge is 0.308 e. The Labute approximate surface area is 184 Å². The topological polar surface area (TPSA) is 54.0 Å². The van der Waals surface area contributed by atoms with Crippen molar-refractivity contribution in [2.45, 2.75) is 73.5 Å². The average Bonchev–Trinajstić information content (AvgIpc) is 2.69. The van der Waals surface area contributed by atoms with Gasteiger partial charge in [0, 0.05) is 22.7 Å². The van der Waals surface area contributed by atoms with Gasteiger partial charge in [-0.25, -0.2) is 0 Å². The molecule has 2 aromatic rings. The Hall–Kier alpha value is -2.14. The predicted octanol–water partition coefficient (Wildman–Crippen LogP) is 6.81. The van der Waals surface area contributed by atoms with Gasteiger partial charge in [-0.1, -0.05) is 39.3 Å².